The molecular formula is C19H19N7O. The molecule has 27 heavy (non-hydrogen) atoms. The molecule has 0 spiro atoms. The van der Waals surface area contributed by atoms with Crippen LogP contribution in [0.1, 0.15) is 25.5 Å². The third-order valence-electron chi connectivity index (χ3n) is 4.80. The first-order chi connectivity index (χ1) is 13.2. The van der Waals surface area contributed by atoms with Crippen molar-refractivity contribution in [1.29, 1.82) is 0 Å². The van der Waals surface area contributed by atoms with Gasteiger partial charge in [0.05, 0.1) is 18.5 Å². The monoisotopic (exact) mass is 361 g/mol. The molecule has 8 heteroatoms. The molecule has 0 aliphatic carbocycles. The van der Waals surface area contributed by atoms with Gasteiger partial charge in [0.25, 0.3) is 5.95 Å². The minimum Gasteiger partial charge on any atom is -0.493 e. The number of nitrogens with one attached hydrogen (secondary N) is 1. The molecule has 4 heterocycles. The zero-order valence-electron chi connectivity index (χ0n) is 15.1. The van der Waals surface area contributed by atoms with E-state index in [4.69, 9.17) is 9.84 Å². The van der Waals surface area contributed by atoms with Gasteiger partial charge in [-0.3, -0.25) is 9.67 Å². The molecule has 136 valence electrons. The zero-order valence-corrected chi connectivity index (χ0v) is 15.1. The number of aromatic nitrogens is 7. The van der Waals surface area contributed by atoms with Gasteiger partial charge in [0.1, 0.15) is 12.1 Å². The van der Waals surface area contributed by atoms with Gasteiger partial charge in [-0.05, 0) is 31.5 Å². The Bertz CT molecular complexity index is 1090. The number of fused-ring (bicyclic) bond motifs is 3. The Morgan fingerprint density at radius 3 is 2.96 bits per heavy atom. The second-order valence-corrected chi connectivity index (χ2v) is 6.88. The van der Waals surface area contributed by atoms with Gasteiger partial charge >= 0.3 is 0 Å². The SMILES string of the molecule is CC(C)n1cnnc1-n1cc2c(n1)-c1cc(-c3cn[nH]c3)ccc1OCC2. The number of benzene rings is 1. The molecule has 1 aliphatic heterocycles. The zero-order chi connectivity index (χ0) is 18.4. The summed E-state index contributed by atoms with van der Waals surface area (Å²) in [6.45, 7) is 4.82. The van der Waals surface area contributed by atoms with Gasteiger partial charge in [0.2, 0.25) is 0 Å². The summed E-state index contributed by atoms with van der Waals surface area (Å²) in [5.41, 5.74) is 5.14. The third kappa shape index (κ3) is 2.61. The van der Waals surface area contributed by atoms with E-state index in [9.17, 15) is 0 Å². The van der Waals surface area contributed by atoms with E-state index in [2.05, 4.69) is 40.3 Å². The van der Waals surface area contributed by atoms with Crippen molar-refractivity contribution < 1.29 is 4.74 Å². The van der Waals surface area contributed by atoms with Crippen LogP contribution < -0.4 is 4.74 Å². The van der Waals surface area contributed by atoms with E-state index in [1.165, 1.54) is 0 Å². The Balaban J connectivity index is 1.65. The summed E-state index contributed by atoms with van der Waals surface area (Å²) < 4.78 is 9.77. The van der Waals surface area contributed by atoms with Crippen molar-refractivity contribution in [2.45, 2.75) is 26.3 Å². The Hall–Kier alpha value is -3.42. The molecule has 0 atom stereocenters. The fourth-order valence-electron chi connectivity index (χ4n) is 3.39. The van der Waals surface area contributed by atoms with Crippen molar-refractivity contribution in [2.24, 2.45) is 0 Å². The quantitative estimate of drug-likeness (QED) is 0.606. The van der Waals surface area contributed by atoms with Crippen molar-refractivity contribution in [2.75, 3.05) is 6.61 Å². The van der Waals surface area contributed by atoms with Crippen LogP contribution in [0.15, 0.2) is 43.1 Å². The number of ether oxygens (including phenoxy) is 1. The maximum absolute atomic E-state index is 5.95. The summed E-state index contributed by atoms with van der Waals surface area (Å²) in [4.78, 5) is 0. The van der Waals surface area contributed by atoms with E-state index >= 15 is 0 Å². The number of hydrogen-bond donors (Lipinski definition) is 1. The van der Waals surface area contributed by atoms with Crippen molar-refractivity contribution in [3.05, 3.63) is 48.7 Å². The highest BCUT2D eigenvalue weighted by Gasteiger charge is 2.22. The summed E-state index contributed by atoms with van der Waals surface area (Å²) in [5, 5.41) is 20.1. The Morgan fingerprint density at radius 1 is 1.22 bits per heavy atom. The smallest absolute Gasteiger partial charge is 0.252 e. The first-order valence-corrected chi connectivity index (χ1v) is 8.95. The van der Waals surface area contributed by atoms with E-state index in [-0.39, 0.29) is 6.04 Å². The fraction of sp³-hybridized carbons (Fsp3) is 0.263. The van der Waals surface area contributed by atoms with Crippen LogP contribution >= 0.6 is 0 Å². The third-order valence-corrected chi connectivity index (χ3v) is 4.80. The lowest BCUT2D eigenvalue weighted by molar-refractivity contribution is 0.326. The van der Waals surface area contributed by atoms with Crippen LogP contribution in [0.5, 0.6) is 5.75 Å². The maximum atomic E-state index is 5.95. The molecule has 4 aromatic rings. The molecule has 0 bridgehead atoms. The second kappa shape index (κ2) is 6.08. The van der Waals surface area contributed by atoms with Crippen LogP contribution in [0.2, 0.25) is 0 Å². The van der Waals surface area contributed by atoms with E-state index in [1.54, 1.807) is 6.33 Å². The van der Waals surface area contributed by atoms with Gasteiger partial charge in [0, 0.05) is 41.5 Å². The van der Waals surface area contributed by atoms with Gasteiger partial charge < -0.3 is 4.74 Å². The van der Waals surface area contributed by atoms with Crippen LogP contribution in [-0.2, 0) is 6.42 Å². The minimum absolute atomic E-state index is 0.252. The molecule has 0 fully saturated rings. The van der Waals surface area contributed by atoms with Crippen molar-refractivity contribution >= 4 is 0 Å². The van der Waals surface area contributed by atoms with Gasteiger partial charge in [-0.2, -0.15) is 10.2 Å². The molecule has 1 N–H and O–H groups in total. The van der Waals surface area contributed by atoms with Gasteiger partial charge in [-0.1, -0.05) is 6.07 Å². The highest BCUT2D eigenvalue weighted by atomic mass is 16.5. The van der Waals surface area contributed by atoms with Crippen molar-refractivity contribution in [3.8, 4) is 34.1 Å². The first kappa shape index (κ1) is 15.8. The summed E-state index contributed by atoms with van der Waals surface area (Å²) in [5.74, 6) is 1.56. The Labute approximate surface area is 155 Å². The summed E-state index contributed by atoms with van der Waals surface area (Å²) in [6.07, 6.45) is 8.25. The standard InChI is InChI=1S/C19H19N7O/c1-12(2)25-11-22-23-19(25)26-10-14-5-6-27-17-4-3-13(15-8-20-21-9-15)7-16(17)18(14)24-26/h3-4,7-12H,5-6H2,1-2H3,(H,20,21). The summed E-state index contributed by atoms with van der Waals surface area (Å²) in [6, 6.07) is 6.40. The number of H-pyrrole nitrogens is 1. The van der Waals surface area contributed by atoms with Crippen molar-refractivity contribution in [3.63, 3.8) is 0 Å². The molecule has 1 aromatic carbocycles. The van der Waals surface area contributed by atoms with Gasteiger partial charge in [0.15, 0.2) is 0 Å². The molecule has 0 unspecified atom stereocenters. The Kier molecular flexibility index (Phi) is 3.56. The normalized spacial score (nSPS) is 13.1. The van der Waals surface area contributed by atoms with Crippen LogP contribution in [0.4, 0.5) is 0 Å². The molecule has 8 nitrogen and oxygen atoms in total. The first-order valence-electron chi connectivity index (χ1n) is 8.95. The summed E-state index contributed by atoms with van der Waals surface area (Å²) in [7, 11) is 0. The average Bonchev–Trinajstić information content (AvgIpc) is 3.41. The highest BCUT2D eigenvalue weighted by Crippen LogP contribution is 2.37. The highest BCUT2D eigenvalue weighted by molar-refractivity contribution is 5.77. The van der Waals surface area contributed by atoms with Gasteiger partial charge in [-0.15, -0.1) is 10.2 Å². The number of rotatable bonds is 3. The topological polar surface area (TPSA) is 86.4 Å². The summed E-state index contributed by atoms with van der Waals surface area (Å²) >= 11 is 0. The molecule has 3 aromatic heterocycles. The van der Waals surface area contributed by atoms with Crippen LogP contribution in [-0.4, -0.2) is 41.3 Å². The largest absolute Gasteiger partial charge is 0.493 e. The molecule has 5 rings (SSSR count). The predicted molar refractivity (Wildman–Crippen MR) is 99.7 cm³/mol. The van der Waals surface area contributed by atoms with Crippen LogP contribution in [0, 0.1) is 0 Å². The Morgan fingerprint density at radius 2 is 2.15 bits per heavy atom. The maximum Gasteiger partial charge on any atom is 0.252 e. The molecular weight excluding hydrogens is 342 g/mol. The average molecular weight is 361 g/mol. The van der Waals surface area contributed by atoms with E-state index in [1.807, 2.05) is 40.0 Å². The van der Waals surface area contributed by atoms with E-state index in [0.29, 0.717) is 12.6 Å². The molecule has 1 aliphatic rings. The van der Waals surface area contributed by atoms with Crippen LogP contribution in [0.3, 0.4) is 0 Å². The number of hydrogen-bond acceptors (Lipinski definition) is 5. The molecule has 0 saturated heterocycles. The van der Waals surface area contributed by atoms with Gasteiger partial charge in [-0.25, -0.2) is 4.68 Å². The molecule has 0 radical (unpaired) electrons. The van der Waals surface area contributed by atoms with Crippen LogP contribution in [0.25, 0.3) is 28.3 Å². The fourth-order valence-corrected chi connectivity index (χ4v) is 3.39. The second-order valence-electron chi connectivity index (χ2n) is 6.88. The molecule has 0 saturated carbocycles. The number of aromatic amines is 1. The molecule has 0 amide bonds. The van der Waals surface area contributed by atoms with Crippen molar-refractivity contribution in [1.82, 2.24) is 34.7 Å². The lowest BCUT2D eigenvalue weighted by Crippen LogP contribution is -2.09. The lowest BCUT2D eigenvalue weighted by Gasteiger charge is -2.10. The lowest BCUT2D eigenvalue weighted by atomic mass is 10.0. The van der Waals surface area contributed by atoms with E-state index in [0.717, 1.165) is 40.1 Å². The predicted octanol–water partition coefficient (Wildman–Crippen LogP) is 3.04. The van der Waals surface area contributed by atoms with E-state index < -0.39 is 0 Å². The minimum atomic E-state index is 0.252. The number of nitrogens with zero attached hydrogens (tertiary/aromatic N) is 6.